The summed E-state index contributed by atoms with van der Waals surface area (Å²) in [5, 5.41) is 11.5. The molecule has 1 aromatic carbocycles. The Morgan fingerprint density at radius 1 is 1.47 bits per heavy atom. The molecule has 1 aromatic rings. The van der Waals surface area contributed by atoms with Crippen LogP contribution in [0.15, 0.2) is 29.4 Å². The number of nitrogens with one attached hydrogen (secondary N) is 1. The van der Waals surface area contributed by atoms with Crippen LogP contribution >= 0.6 is 0 Å². The van der Waals surface area contributed by atoms with Gasteiger partial charge in [0.2, 0.25) is 10.0 Å². The summed E-state index contributed by atoms with van der Waals surface area (Å²) in [5.41, 5.74) is 6.76. The van der Waals surface area contributed by atoms with Crippen LogP contribution in [-0.4, -0.2) is 25.2 Å². The Bertz CT molecular complexity index is 553. The Morgan fingerprint density at radius 2 is 2.16 bits per heavy atom. The smallest absolute Gasteiger partial charge is 0.212 e. The van der Waals surface area contributed by atoms with Gasteiger partial charge in [0.05, 0.1) is 5.75 Å². The summed E-state index contributed by atoms with van der Waals surface area (Å²) in [7, 11) is -3.28. The normalized spacial score (nSPS) is 12.9. The summed E-state index contributed by atoms with van der Waals surface area (Å²) < 4.78 is 25.9. The molecule has 0 aromatic heterocycles. The number of rotatable bonds is 6. The van der Waals surface area contributed by atoms with Crippen molar-refractivity contribution in [3.63, 3.8) is 0 Å². The number of sulfonamides is 1. The highest BCUT2D eigenvalue weighted by Gasteiger charge is 2.12. The third kappa shape index (κ3) is 5.27. The van der Waals surface area contributed by atoms with Crippen LogP contribution in [0.4, 0.5) is 0 Å². The van der Waals surface area contributed by atoms with Crippen molar-refractivity contribution in [1.82, 2.24) is 4.72 Å². The Hall–Kier alpha value is -1.60. The van der Waals surface area contributed by atoms with Crippen molar-refractivity contribution < 1.29 is 13.6 Å². The lowest BCUT2D eigenvalue weighted by Crippen LogP contribution is -2.28. The predicted octanol–water partition coefficient (Wildman–Crippen LogP) is 0.856. The van der Waals surface area contributed by atoms with Crippen LogP contribution in [0, 0.1) is 5.92 Å². The molecule has 0 amide bonds. The lowest BCUT2D eigenvalue weighted by molar-refractivity contribution is 0.318. The molecule has 0 aliphatic carbocycles. The summed E-state index contributed by atoms with van der Waals surface area (Å²) in [4.78, 5) is 0. The first kappa shape index (κ1) is 15.5. The highest BCUT2D eigenvalue weighted by molar-refractivity contribution is 7.89. The van der Waals surface area contributed by atoms with Crippen LogP contribution < -0.4 is 10.5 Å². The van der Waals surface area contributed by atoms with Crippen molar-refractivity contribution >= 4 is 15.9 Å². The van der Waals surface area contributed by atoms with E-state index in [1.54, 1.807) is 24.3 Å². The third-order valence-corrected chi connectivity index (χ3v) is 4.07. The molecule has 0 atom stereocenters. The largest absolute Gasteiger partial charge is 0.409 e. The van der Waals surface area contributed by atoms with Gasteiger partial charge >= 0.3 is 0 Å². The van der Waals surface area contributed by atoms with Gasteiger partial charge in [-0.2, -0.15) is 0 Å². The van der Waals surface area contributed by atoms with Gasteiger partial charge in [-0.15, -0.1) is 0 Å². The molecule has 106 valence electrons. The fourth-order valence-electron chi connectivity index (χ4n) is 1.59. The fraction of sp³-hybridized carbons (Fsp3) is 0.417. The molecule has 0 bridgehead atoms. The maximum absolute atomic E-state index is 11.7. The molecule has 19 heavy (non-hydrogen) atoms. The van der Waals surface area contributed by atoms with E-state index in [0.29, 0.717) is 5.56 Å². The monoisotopic (exact) mass is 285 g/mol. The Balaban J connectivity index is 2.74. The molecule has 4 N–H and O–H groups in total. The minimum absolute atomic E-state index is 0.00751. The van der Waals surface area contributed by atoms with Crippen molar-refractivity contribution in [3.05, 3.63) is 35.4 Å². The summed E-state index contributed by atoms with van der Waals surface area (Å²) in [6.07, 6.45) is 0. The number of nitrogens with zero attached hydrogens (tertiary/aromatic N) is 1. The molecule has 0 aliphatic rings. The van der Waals surface area contributed by atoms with Gasteiger partial charge in [0.15, 0.2) is 5.84 Å². The summed E-state index contributed by atoms with van der Waals surface area (Å²) in [6.45, 7) is 3.87. The number of hydrogen-bond donors (Lipinski definition) is 3. The molecular formula is C12H19N3O3S. The molecule has 0 saturated carbocycles. The van der Waals surface area contributed by atoms with Crippen molar-refractivity contribution in [3.8, 4) is 0 Å². The number of oxime groups is 1. The van der Waals surface area contributed by atoms with E-state index in [4.69, 9.17) is 10.9 Å². The predicted molar refractivity (Wildman–Crippen MR) is 74.4 cm³/mol. The van der Waals surface area contributed by atoms with Gasteiger partial charge in [0.1, 0.15) is 0 Å². The van der Waals surface area contributed by atoms with Crippen LogP contribution in [0.25, 0.3) is 0 Å². The molecule has 0 unspecified atom stereocenters. The van der Waals surface area contributed by atoms with E-state index in [1.807, 2.05) is 13.8 Å². The van der Waals surface area contributed by atoms with Crippen LogP contribution in [0.5, 0.6) is 0 Å². The first-order chi connectivity index (χ1) is 8.84. The fourth-order valence-corrected chi connectivity index (χ4v) is 2.97. The summed E-state index contributed by atoms with van der Waals surface area (Å²) in [5.74, 6) is 0.153. The van der Waals surface area contributed by atoms with Crippen molar-refractivity contribution in [2.75, 3.05) is 5.75 Å². The molecule has 1 rings (SSSR count). The van der Waals surface area contributed by atoms with E-state index >= 15 is 0 Å². The first-order valence-electron chi connectivity index (χ1n) is 5.88. The molecule has 0 aliphatic heterocycles. The molecular weight excluding hydrogens is 266 g/mol. The molecule has 7 heteroatoms. The molecule has 6 nitrogen and oxygen atoms in total. The van der Waals surface area contributed by atoms with Gasteiger partial charge in [-0.1, -0.05) is 37.2 Å². The number of amidine groups is 1. The van der Waals surface area contributed by atoms with Gasteiger partial charge in [-0.3, -0.25) is 0 Å². The Labute approximate surface area is 113 Å². The van der Waals surface area contributed by atoms with Gasteiger partial charge < -0.3 is 10.9 Å². The van der Waals surface area contributed by atoms with Crippen LogP contribution in [0.2, 0.25) is 0 Å². The zero-order chi connectivity index (χ0) is 14.5. The molecule has 0 spiro atoms. The van der Waals surface area contributed by atoms with Gasteiger partial charge in [0.25, 0.3) is 0 Å². The van der Waals surface area contributed by atoms with Crippen molar-refractivity contribution in [2.24, 2.45) is 16.8 Å². The number of benzene rings is 1. The molecule has 0 fully saturated rings. The van der Waals surface area contributed by atoms with E-state index in [1.165, 1.54) is 0 Å². The molecule has 0 heterocycles. The third-order valence-electron chi connectivity index (χ3n) is 2.38. The number of hydrogen-bond acceptors (Lipinski definition) is 4. The highest BCUT2D eigenvalue weighted by Crippen LogP contribution is 2.06. The van der Waals surface area contributed by atoms with E-state index in [2.05, 4.69) is 9.88 Å². The van der Waals surface area contributed by atoms with Crippen molar-refractivity contribution in [1.29, 1.82) is 0 Å². The van der Waals surface area contributed by atoms with E-state index in [9.17, 15) is 8.42 Å². The average molecular weight is 285 g/mol. The van der Waals surface area contributed by atoms with E-state index < -0.39 is 10.0 Å². The average Bonchev–Trinajstić information content (AvgIpc) is 2.34. The second-order valence-corrected chi connectivity index (χ2v) is 6.53. The zero-order valence-corrected chi connectivity index (χ0v) is 11.8. The quantitative estimate of drug-likeness (QED) is 0.312. The second kappa shape index (κ2) is 6.53. The van der Waals surface area contributed by atoms with Crippen molar-refractivity contribution in [2.45, 2.75) is 20.4 Å². The Kier molecular flexibility index (Phi) is 5.31. The van der Waals surface area contributed by atoms with Gasteiger partial charge in [-0.05, 0) is 17.5 Å². The minimum atomic E-state index is -3.28. The SMILES string of the molecule is CC(C)CS(=O)(=O)NCc1cccc(C(N)=NO)c1. The first-order valence-corrected chi connectivity index (χ1v) is 7.53. The standard InChI is InChI=1S/C12H19N3O3S/c1-9(2)8-19(17,18)14-7-10-4-3-5-11(6-10)12(13)15-16/h3-6,9,14,16H,7-8H2,1-2H3,(H2,13,15). The maximum atomic E-state index is 11.7. The molecule has 0 radical (unpaired) electrons. The minimum Gasteiger partial charge on any atom is -0.409 e. The summed E-state index contributed by atoms with van der Waals surface area (Å²) >= 11 is 0. The summed E-state index contributed by atoms with van der Waals surface area (Å²) in [6, 6.07) is 6.85. The maximum Gasteiger partial charge on any atom is 0.212 e. The zero-order valence-electron chi connectivity index (χ0n) is 11.0. The lowest BCUT2D eigenvalue weighted by atomic mass is 10.1. The topological polar surface area (TPSA) is 105 Å². The van der Waals surface area contributed by atoms with E-state index in [-0.39, 0.29) is 24.1 Å². The Morgan fingerprint density at radius 3 is 2.74 bits per heavy atom. The van der Waals surface area contributed by atoms with Crippen LogP contribution in [0.3, 0.4) is 0 Å². The lowest BCUT2D eigenvalue weighted by Gasteiger charge is -2.09. The van der Waals surface area contributed by atoms with Gasteiger partial charge in [-0.25, -0.2) is 13.1 Å². The van der Waals surface area contributed by atoms with E-state index in [0.717, 1.165) is 5.56 Å². The second-order valence-electron chi connectivity index (χ2n) is 4.68. The highest BCUT2D eigenvalue weighted by atomic mass is 32.2. The van der Waals surface area contributed by atoms with Crippen LogP contribution in [0.1, 0.15) is 25.0 Å². The van der Waals surface area contributed by atoms with Gasteiger partial charge in [0, 0.05) is 12.1 Å². The van der Waals surface area contributed by atoms with Crippen LogP contribution in [-0.2, 0) is 16.6 Å². The molecule has 0 saturated heterocycles. The number of nitrogens with two attached hydrogens (primary N) is 1.